The van der Waals surface area contributed by atoms with Crippen molar-refractivity contribution in [2.45, 2.75) is 32.6 Å². The number of carbonyl (C=O) groups is 1. The Morgan fingerprint density at radius 3 is 2.71 bits per heavy atom. The van der Waals surface area contributed by atoms with Gasteiger partial charge in [-0.1, -0.05) is 12.8 Å². The second kappa shape index (κ2) is 5.75. The van der Waals surface area contributed by atoms with E-state index in [4.69, 9.17) is 0 Å². The van der Waals surface area contributed by atoms with E-state index in [9.17, 15) is 4.79 Å². The molecule has 0 unspecified atom stereocenters. The minimum Gasteiger partial charge on any atom is -0.355 e. The molecule has 1 fully saturated rings. The van der Waals surface area contributed by atoms with Crippen LogP contribution < -0.4 is 4.90 Å². The number of anilines is 1. The summed E-state index contributed by atoms with van der Waals surface area (Å²) in [5.74, 6) is 1.48. The summed E-state index contributed by atoms with van der Waals surface area (Å²) in [6.07, 6.45) is 9.28. The molecule has 0 radical (unpaired) electrons. The zero-order valence-electron chi connectivity index (χ0n) is 10.3. The third kappa shape index (κ3) is 2.81. The van der Waals surface area contributed by atoms with Crippen LogP contribution in [-0.2, 0) is 0 Å². The summed E-state index contributed by atoms with van der Waals surface area (Å²) < 4.78 is 0. The molecule has 17 heavy (non-hydrogen) atoms. The molecular weight excluding hydrogens is 214 g/mol. The first-order valence-corrected chi connectivity index (χ1v) is 6.36. The van der Waals surface area contributed by atoms with Gasteiger partial charge < -0.3 is 4.90 Å². The smallest absolute Gasteiger partial charge is 0.172 e. The van der Waals surface area contributed by atoms with Crippen LogP contribution in [0.3, 0.4) is 0 Å². The molecule has 1 heterocycles. The number of aromatic nitrogens is 2. The lowest BCUT2D eigenvalue weighted by atomic mass is 10.1. The second-order valence-corrected chi connectivity index (χ2v) is 4.57. The Hall–Kier alpha value is -1.45. The maximum Gasteiger partial charge on any atom is 0.172 e. The van der Waals surface area contributed by atoms with Gasteiger partial charge in [-0.15, -0.1) is 0 Å². The Bertz CT molecular complexity index is 375. The topological polar surface area (TPSA) is 46.1 Å². The zero-order chi connectivity index (χ0) is 12.1. The number of carbonyl (C=O) groups excluding carboxylic acids is 1. The molecular formula is C13H19N3O. The average Bonchev–Trinajstić information content (AvgIpc) is 2.89. The summed E-state index contributed by atoms with van der Waals surface area (Å²) in [6, 6.07) is 0. The number of aldehydes is 1. The molecule has 2 rings (SSSR count). The fourth-order valence-corrected chi connectivity index (χ4v) is 2.54. The molecule has 0 N–H and O–H groups in total. The summed E-state index contributed by atoms with van der Waals surface area (Å²) in [5, 5.41) is 0. The normalized spacial score (nSPS) is 16.1. The van der Waals surface area contributed by atoms with Gasteiger partial charge in [0.05, 0.1) is 0 Å². The Kier molecular flexibility index (Phi) is 4.07. The molecule has 4 nitrogen and oxygen atoms in total. The van der Waals surface area contributed by atoms with E-state index in [1.807, 2.05) is 0 Å². The predicted octanol–water partition coefficient (Wildman–Crippen LogP) is 2.31. The molecule has 92 valence electrons. The minimum atomic E-state index is 0.451. The summed E-state index contributed by atoms with van der Waals surface area (Å²) >= 11 is 0. The molecule has 1 saturated carbocycles. The van der Waals surface area contributed by atoms with Crippen molar-refractivity contribution in [1.82, 2.24) is 9.97 Å². The number of hydrogen-bond donors (Lipinski definition) is 0. The van der Waals surface area contributed by atoms with E-state index >= 15 is 0 Å². The van der Waals surface area contributed by atoms with Crippen molar-refractivity contribution in [1.29, 1.82) is 0 Å². The number of nitrogens with zero attached hydrogens (tertiary/aromatic N) is 3. The highest BCUT2D eigenvalue weighted by atomic mass is 16.1. The van der Waals surface area contributed by atoms with E-state index in [0.29, 0.717) is 5.69 Å². The maximum absolute atomic E-state index is 11.0. The van der Waals surface area contributed by atoms with Crippen LogP contribution in [0.15, 0.2) is 12.4 Å². The highest BCUT2D eigenvalue weighted by Gasteiger charge is 2.20. The summed E-state index contributed by atoms with van der Waals surface area (Å²) in [7, 11) is 0. The molecule has 1 aromatic heterocycles. The van der Waals surface area contributed by atoms with Crippen molar-refractivity contribution in [2.24, 2.45) is 5.92 Å². The van der Waals surface area contributed by atoms with E-state index < -0.39 is 0 Å². The van der Waals surface area contributed by atoms with Crippen molar-refractivity contribution < 1.29 is 4.79 Å². The highest BCUT2D eigenvalue weighted by molar-refractivity contribution is 5.79. The second-order valence-electron chi connectivity index (χ2n) is 4.57. The summed E-state index contributed by atoms with van der Waals surface area (Å²) in [4.78, 5) is 21.5. The lowest BCUT2D eigenvalue weighted by Gasteiger charge is -2.25. The molecule has 0 aromatic carbocycles. The Balaban J connectivity index is 2.13. The molecule has 1 aliphatic carbocycles. The van der Waals surface area contributed by atoms with Crippen molar-refractivity contribution in [3.05, 3.63) is 18.1 Å². The highest BCUT2D eigenvalue weighted by Crippen LogP contribution is 2.27. The SMILES string of the molecule is CCN(CC1CCCC1)c1nccnc1C=O. The molecule has 0 amide bonds. The minimum absolute atomic E-state index is 0.451. The van der Waals surface area contributed by atoms with Gasteiger partial charge in [0, 0.05) is 25.5 Å². The van der Waals surface area contributed by atoms with E-state index in [1.165, 1.54) is 25.7 Å². The molecule has 0 saturated heterocycles. The number of hydrogen-bond acceptors (Lipinski definition) is 4. The number of rotatable bonds is 5. The molecule has 4 heteroatoms. The fourth-order valence-electron chi connectivity index (χ4n) is 2.54. The molecule has 1 aliphatic rings. The first kappa shape index (κ1) is 12.0. The third-order valence-electron chi connectivity index (χ3n) is 3.45. The van der Waals surface area contributed by atoms with Crippen molar-refractivity contribution in [3.8, 4) is 0 Å². The lowest BCUT2D eigenvalue weighted by molar-refractivity contribution is 0.111. The van der Waals surface area contributed by atoms with E-state index in [-0.39, 0.29) is 0 Å². The Morgan fingerprint density at radius 2 is 2.06 bits per heavy atom. The van der Waals surface area contributed by atoms with Gasteiger partial charge in [0.2, 0.25) is 0 Å². The third-order valence-corrected chi connectivity index (χ3v) is 3.45. The van der Waals surface area contributed by atoms with Gasteiger partial charge >= 0.3 is 0 Å². The van der Waals surface area contributed by atoms with Gasteiger partial charge in [-0.2, -0.15) is 0 Å². The van der Waals surface area contributed by atoms with Crippen LogP contribution in [0.1, 0.15) is 43.1 Å². The predicted molar refractivity (Wildman–Crippen MR) is 67.3 cm³/mol. The average molecular weight is 233 g/mol. The fraction of sp³-hybridized carbons (Fsp3) is 0.615. The van der Waals surface area contributed by atoms with Gasteiger partial charge in [0.15, 0.2) is 12.1 Å². The summed E-state index contributed by atoms with van der Waals surface area (Å²) in [6.45, 7) is 3.96. The van der Waals surface area contributed by atoms with Crippen LogP contribution in [0, 0.1) is 5.92 Å². The molecule has 0 aliphatic heterocycles. The van der Waals surface area contributed by atoms with Crippen LogP contribution in [0.2, 0.25) is 0 Å². The molecule has 0 atom stereocenters. The van der Waals surface area contributed by atoms with E-state index in [2.05, 4.69) is 21.8 Å². The van der Waals surface area contributed by atoms with Gasteiger partial charge in [-0.05, 0) is 25.7 Å². The van der Waals surface area contributed by atoms with Gasteiger partial charge in [-0.25, -0.2) is 9.97 Å². The van der Waals surface area contributed by atoms with Gasteiger partial charge in [0.25, 0.3) is 0 Å². The lowest BCUT2D eigenvalue weighted by Crippen LogP contribution is -2.30. The quantitative estimate of drug-likeness (QED) is 0.732. The van der Waals surface area contributed by atoms with Crippen LogP contribution >= 0.6 is 0 Å². The van der Waals surface area contributed by atoms with Crippen LogP contribution in [0.4, 0.5) is 5.82 Å². The monoisotopic (exact) mass is 233 g/mol. The molecule has 0 bridgehead atoms. The van der Waals surface area contributed by atoms with Crippen molar-refractivity contribution in [3.63, 3.8) is 0 Å². The summed E-state index contributed by atoms with van der Waals surface area (Å²) in [5.41, 5.74) is 0.451. The van der Waals surface area contributed by atoms with Crippen molar-refractivity contribution in [2.75, 3.05) is 18.0 Å². The van der Waals surface area contributed by atoms with Crippen LogP contribution in [0.5, 0.6) is 0 Å². The zero-order valence-corrected chi connectivity index (χ0v) is 10.3. The largest absolute Gasteiger partial charge is 0.355 e. The van der Waals surface area contributed by atoms with E-state index in [0.717, 1.165) is 31.1 Å². The van der Waals surface area contributed by atoms with Gasteiger partial charge in [0.1, 0.15) is 5.69 Å². The first-order valence-electron chi connectivity index (χ1n) is 6.36. The Morgan fingerprint density at radius 1 is 1.35 bits per heavy atom. The standard InChI is InChI=1S/C13H19N3O/c1-2-16(9-11-5-3-4-6-11)13-12(10-17)14-7-8-15-13/h7-8,10-11H,2-6,9H2,1H3. The maximum atomic E-state index is 11.0. The Labute approximate surface area is 102 Å². The molecule has 0 spiro atoms. The van der Waals surface area contributed by atoms with Crippen LogP contribution in [-0.4, -0.2) is 29.3 Å². The van der Waals surface area contributed by atoms with Crippen LogP contribution in [0.25, 0.3) is 0 Å². The van der Waals surface area contributed by atoms with E-state index in [1.54, 1.807) is 12.4 Å². The molecule has 1 aromatic rings. The van der Waals surface area contributed by atoms with Crippen molar-refractivity contribution >= 4 is 12.1 Å². The van der Waals surface area contributed by atoms with Gasteiger partial charge in [-0.3, -0.25) is 4.79 Å². The first-order chi connectivity index (χ1) is 8.35.